The largest absolute Gasteiger partial charge is 0.466 e. The maximum absolute atomic E-state index is 13.1. The molecule has 0 fully saturated rings. The van der Waals surface area contributed by atoms with E-state index in [1.54, 1.807) is 55.5 Å². The monoisotopic (exact) mass is 461 g/mol. The van der Waals surface area contributed by atoms with Gasteiger partial charge in [0, 0.05) is 0 Å². The number of esters is 3. The number of hydrogen-bond acceptors (Lipinski definition) is 9. The Morgan fingerprint density at radius 1 is 0.941 bits per heavy atom. The lowest BCUT2D eigenvalue weighted by molar-refractivity contribution is -0.139. The molecule has 2 aromatic carbocycles. The quantitative estimate of drug-likeness (QED) is 0.527. The Morgan fingerprint density at radius 3 is 2.12 bits per heavy atom. The lowest BCUT2D eigenvalue weighted by Crippen LogP contribution is -2.41. The van der Waals surface area contributed by atoms with E-state index >= 15 is 0 Å². The van der Waals surface area contributed by atoms with Crippen LogP contribution in [0.3, 0.4) is 0 Å². The number of aryl methyl sites for hydroxylation is 1. The van der Waals surface area contributed by atoms with Gasteiger partial charge >= 0.3 is 17.9 Å². The third kappa shape index (κ3) is 4.09. The Kier molecular flexibility index (Phi) is 7.02. The molecule has 1 heterocycles. The van der Waals surface area contributed by atoms with Gasteiger partial charge in [-0.05, 0) is 24.6 Å². The number of benzene rings is 2. The minimum Gasteiger partial charge on any atom is -0.466 e. The zero-order valence-electron chi connectivity index (χ0n) is 19.1. The van der Waals surface area contributed by atoms with Gasteiger partial charge in [-0.3, -0.25) is 4.90 Å². The molecule has 1 atom stereocenters. The molecule has 0 saturated carbocycles. The normalized spacial score (nSPS) is 15.5. The number of ether oxygens (including phenoxy) is 3. The summed E-state index contributed by atoms with van der Waals surface area (Å²) in [5.74, 6) is -3.60. The van der Waals surface area contributed by atoms with Crippen molar-refractivity contribution in [1.82, 2.24) is 0 Å². The Bertz CT molecular complexity index is 1260. The first-order valence-corrected chi connectivity index (χ1v) is 10.1. The van der Waals surface area contributed by atoms with Gasteiger partial charge in [0.2, 0.25) is 0 Å². The second-order valence-electron chi connectivity index (χ2n) is 7.35. The van der Waals surface area contributed by atoms with Gasteiger partial charge in [-0.2, -0.15) is 5.26 Å². The van der Waals surface area contributed by atoms with Crippen LogP contribution in [0.15, 0.2) is 71.2 Å². The van der Waals surface area contributed by atoms with Crippen LogP contribution in [-0.4, -0.2) is 39.2 Å². The Labute approximate surface area is 196 Å². The average molecular weight is 461 g/mol. The van der Waals surface area contributed by atoms with E-state index in [2.05, 4.69) is 6.07 Å². The highest BCUT2D eigenvalue weighted by Crippen LogP contribution is 2.44. The van der Waals surface area contributed by atoms with Gasteiger partial charge in [0.05, 0.1) is 55.7 Å². The van der Waals surface area contributed by atoms with Crippen molar-refractivity contribution in [1.29, 1.82) is 5.26 Å². The van der Waals surface area contributed by atoms with Crippen molar-refractivity contribution in [3.05, 3.63) is 87.9 Å². The number of nitrogens with two attached hydrogens (primary N) is 1. The van der Waals surface area contributed by atoms with Crippen LogP contribution in [0.25, 0.3) is 0 Å². The van der Waals surface area contributed by atoms with Crippen LogP contribution < -0.4 is 10.6 Å². The summed E-state index contributed by atoms with van der Waals surface area (Å²) in [6.07, 6.45) is 0. The predicted molar refractivity (Wildman–Crippen MR) is 122 cm³/mol. The van der Waals surface area contributed by atoms with E-state index in [1.165, 1.54) is 12.0 Å². The van der Waals surface area contributed by atoms with Crippen LogP contribution in [0, 0.1) is 18.3 Å². The van der Waals surface area contributed by atoms with E-state index in [9.17, 15) is 19.6 Å². The lowest BCUT2D eigenvalue weighted by Gasteiger charge is -2.36. The fourth-order valence-corrected chi connectivity index (χ4v) is 3.88. The van der Waals surface area contributed by atoms with E-state index in [-0.39, 0.29) is 33.9 Å². The molecule has 0 radical (unpaired) electrons. The van der Waals surface area contributed by atoms with Gasteiger partial charge in [-0.25, -0.2) is 14.4 Å². The molecule has 1 aliphatic heterocycles. The molecule has 174 valence electrons. The van der Waals surface area contributed by atoms with Gasteiger partial charge in [-0.15, -0.1) is 0 Å². The number of nitriles is 1. The number of carbonyl (C=O) groups excluding carboxylic acids is 3. The molecule has 9 nitrogen and oxygen atoms in total. The van der Waals surface area contributed by atoms with Gasteiger partial charge in [0.1, 0.15) is 11.5 Å². The Balaban J connectivity index is 2.47. The van der Waals surface area contributed by atoms with Crippen molar-refractivity contribution < 1.29 is 28.6 Å². The van der Waals surface area contributed by atoms with Crippen LogP contribution in [0.5, 0.6) is 0 Å². The SMILES string of the molecule is COC(=O)C1=C(C(=O)OC)N(c2ccc(C)cc2C(=O)OC)C(N)=C(C#N)C1c1ccccc1. The zero-order chi connectivity index (χ0) is 25.0. The fraction of sp³-hybridized carbons (Fsp3) is 0.200. The third-order valence-electron chi connectivity index (χ3n) is 5.41. The Morgan fingerprint density at radius 2 is 1.56 bits per heavy atom. The molecular weight excluding hydrogens is 438 g/mol. The molecule has 0 spiro atoms. The van der Waals surface area contributed by atoms with Gasteiger partial charge in [0.25, 0.3) is 0 Å². The smallest absolute Gasteiger partial charge is 0.355 e. The molecule has 0 saturated heterocycles. The van der Waals surface area contributed by atoms with Gasteiger partial charge in [-0.1, -0.05) is 42.0 Å². The highest BCUT2D eigenvalue weighted by molar-refractivity contribution is 6.08. The molecule has 1 unspecified atom stereocenters. The lowest BCUT2D eigenvalue weighted by atomic mass is 9.80. The van der Waals surface area contributed by atoms with Crippen LogP contribution in [0.1, 0.15) is 27.4 Å². The van der Waals surface area contributed by atoms with Crippen molar-refractivity contribution in [2.45, 2.75) is 12.8 Å². The van der Waals surface area contributed by atoms with E-state index in [1.807, 2.05) is 0 Å². The van der Waals surface area contributed by atoms with Gasteiger partial charge < -0.3 is 19.9 Å². The van der Waals surface area contributed by atoms with Gasteiger partial charge in [0.15, 0.2) is 0 Å². The molecule has 34 heavy (non-hydrogen) atoms. The highest BCUT2D eigenvalue weighted by Gasteiger charge is 2.43. The maximum Gasteiger partial charge on any atom is 0.355 e. The van der Waals surface area contributed by atoms with Crippen LogP contribution in [-0.2, 0) is 23.8 Å². The summed E-state index contributed by atoms with van der Waals surface area (Å²) in [4.78, 5) is 40.0. The first kappa shape index (κ1) is 24.1. The molecule has 0 bridgehead atoms. The summed E-state index contributed by atoms with van der Waals surface area (Å²) in [5, 5.41) is 10.1. The molecule has 0 aromatic heterocycles. The Hall–Kier alpha value is -4.58. The number of nitrogens with zero attached hydrogens (tertiary/aromatic N) is 2. The van der Waals surface area contributed by atoms with Crippen molar-refractivity contribution in [2.75, 3.05) is 26.2 Å². The van der Waals surface area contributed by atoms with Crippen molar-refractivity contribution >= 4 is 23.6 Å². The zero-order valence-corrected chi connectivity index (χ0v) is 19.1. The molecule has 1 aliphatic rings. The second-order valence-corrected chi connectivity index (χ2v) is 7.35. The predicted octanol–water partition coefficient (Wildman–Crippen LogP) is 2.68. The molecule has 0 aliphatic carbocycles. The number of anilines is 1. The number of carbonyl (C=O) groups is 3. The summed E-state index contributed by atoms with van der Waals surface area (Å²) in [6, 6.07) is 15.5. The first-order chi connectivity index (χ1) is 16.3. The summed E-state index contributed by atoms with van der Waals surface area (Å²) in [5.41, 5.74) is 7.53. The van der Waals surface area contributed by atoms with E-state index in [0.717, 1.165) is 19.8 Å². The fourth-order valence-electron chi connectivity index (χ4n) is 3.88. The maximum atomic E-state index is 13.1. The molecule has 2 aromatic rings. The molecule has 3 rings (SSSR count). The summed E-state index contributed by atoms with van der Waals surface area (Å²) in [7, 11) is 3.53. The summed E-state index contributed by atoms with van der Waals surface area (Å²) < 4.78 is 14.9. The van der Waals surface area contributed by atoms with Crippen LogP contribution in [0.2, 0.25) is 0 Å². The summed E-state index contributed by atoms with van der Waals surface area (Å²) in [6.45, 7) is 1.77. The first-order valence-electron chi connectivity index (χ1n) is 10.1. The second kappa shape index (κ2) is 9.92. The number of rotatable bonds is 5. The third-order valence-corrected chi connectivity index (χ3v) is 5.41. The van der Waals surface area contributed by atoms with Crippen molar-refractivity contribution in [2.24, 2.45) is 5.73 Å². The standard InChI is InChI=1S/C25H23N3O6/c1-14-10-11-18(16(12-14)23(29)32-2)28-21(25(31)34-4)20(24(30)33-3)19(17(13-26)22(28)27)15-8-6-5-7-9-15/h5-12,19H,27H2,1-4H3. The highest BCUT2D eigenvalue weighted by atomic mass is 16.5. The minimum absolute atomic E-state index is 0.00403. The van der Waals surface area contributed by atoms with E-state index in [0.29, 0.717) is 5.56 Å². The molecular formula is C25H23N3O6. The summed E-state index contributed by atoms with van der Waals surface area (Å²) >= 11 is 0. The molecule has 9 heteroatoms. The molecule has 2 N–H and O–H groups in total. The van der Waals surface area contributed by atoms with E-state index in [4.69, 9.17) is 19.9 Å². The number of methoxy groups -OCH3 is 3. The van der Waals surface area contributed by atoms with Crippen LogP contribution in [0.4, 0.5) is 5.69 Å². The van der Waals surface area contributed by atoms with Crippen molar-refractivity contribution in [3.63, 3.8) is 0 Å². The van der Waals surface area contributed by atoms with Crippen molar-refractivity contribution in [3.8, 4) is 6.07 Å². The topological polar surface area (TPSA) is 132 Å². The number of allylic oxidation sites excluding steroid dienone is 1. The molecule has 0 amide bonds. The van der Waals surface area contributed by atoms with Crippen LogP contribution >= 0.6 is 0 Å². The minimum atomic E-state index is -1.00. The average Bonchev–Trinajstić information content (AvgIpc) is 2.87. The van der Waals surface area contributed by atoms with E-state index < -0.39 is 23.8 Å². The number of hydrogen-bond donors (Lipinski definition) is 1.